The molecule has 1 unspecified atom stereocenters. The zero-order valence-electron chi connectivity index (χ0n) is 18.2. The molecule has 1 fully saturated rings. The van der Waals surface area contributed by atoms with Gasteiger partial charge in [0.25, 0.3) is 0 Å². The number of carbonyl (C=O) groups is 1. The molecule has 0 spiro atoms. The molecule has 0 N–H and O–H groups in total. The van der Waals surface area contributed by atoms with Gasteiger partial charge >= 0.3 is 0 Å². The van der Waals surface area contributed by atoms with E-state index in [0.29, 0.717) is 19.6 Å². The predicted octanol–water partition coefficient (Wildman–Crippen LogP) is 6.20. The van der Waals surface area contributed by atoms with Crippen LogP contribution < -0.4 is 0 Å². The number of hydrogen-bond donors (Lipinski definition) is 0. The van der Waals surface area contributed by atoms with Gasteiger partial charge in [0.1, 0.15) is 12.7 Å². The van der Waals surface area contributed by atoms with E-state index in [4.69, 9.17) is 14.2 Å². The second kappa shape index (κ2) is 15.5. The third-order valence-corrected chi connectivity index (χ3v) is 5.19. The molecule has 0 aromatic heterocycles. The molecule has 160 valence electrons. The maximum atomic E-state index is 11.8. The van der Waals surface area contributed by atoms with Gasteiger partial charge in [-0.15, -0.1) is 0 Å². The molecule has 27 heavy (non-hydrogen) atoms. The highest BCUT2D eigenvalue weighted by atomic mass is 16.7. The number of Topliss-reactive ketones (excluding diaryl/α,β-unsaturated/α-hetero) is 1. The highest BCUT2D eigenvalue weighted by molar-refractivity contribution is 5.79. The van der Waals surface area contributed by atoms with Crippen LogP contribution in [-0.2, 0) is 19.0 Å². The Labute approximate surface area is 167 Å². The Morgan fingerprint density at radius 3 is 1.89 bits per heavy atom. The molecule has 1 aliphatic rings. The molecule has 0 aromatic rings. The van der Waals surface area contributed by atoms with Crippen molar-refractivity contribution >= 4 is 5.78 Å². The van der Waals surface area contributed by atoms with E-state index in [1.807, 2.05) is 13.8 Å². The summed E-state index contributed by atoms with van der Waals surface area (Å²) in [6.45, 7) is 7.25. The van der Waals surface area contributed by atoms with Crippen LogP contribution in [0.25, 0.3) is 0 Å². The van der Waals surface area contributed by atoms with Crippen LogP contribution in [0.2, 0.25) is 0 Å². The summed E-state index contributed by atoms with van der Waals surface area (Å²) in [4.78, 5) is 11.8. The van der Waals surface area contributed by atoms with E-state index >= 15 is 0 Å². The summed E-state index contributed by atoms with van der Waals surface area (Å²) in [5, 5.41) is 0. The van der Waals surface area contributed by atoms with Crippen LogP contribution in [0.1, 0.15) is 111 Å². The van der Waals surface area contributed by atoms with E-state index < -0.39 is 5.79 Å². The normalized spacial score (nSPS) is 18.9. The van der Waals surface area contributed by atoms with Crippen LogP contribution in [0, 0.1) is 0 Å². The molecule has 4 nitrogen and oxygen atoms in total. The van der Waals surface area contributed by atoms with E-state index in [1.165, 1.54) is 70.6 Å². The van der Waals surface area contributed by atoms with Gasteiger partial charge in [0.15, 0.2) is 11.6 Å². The Kier molecular flexibility index (Phi) is 14.1. The average molecular weight is 385 g/mol. The van der Waals surface area contributed by atoms with Crippen molar-refractivity contribution in [3.63, 3.8) is 0 Å². The summed E-state index contributed by atoms with van der Waals surface area (Å²) >= 11 is 0. The molecule has 1 heterocycles. The van der Waals surface area contributed by atoms with E-state index in [-0.39, 0.29) is 18.5 Å². The van der Waals surface area contributed by atoms with Gasteiger partial charge in [-0.05, 0) is 20.3 Å². The molecular weight excluding hydrogens is 340 g/mol. The maximum Gasteiger partial charge on any atom is 0.163 e. The first-order valence-electron chi connectivity index (χ1n) is 11.4. The molecule has 0 amide bonds. The lowest BCUT2D eigenvalue weighted by Crippen LogP contribution is -2.25. The second-order valence-corrected chi connectivity index (χ2v) is 8.50. The number of ether oxygens (including phenoxy) is 3. The quantitative estimate of drug-likeness (QED) is 0.264. The second-order valence-electron chi connectivity index (χ2n) is 8.50. The maximum absolute atomic E-state index is 11.8. The standard InChI is InChI=1S/C23H44O4/c1-4-5-6-7-8-9-10-11-12-13-14-15-16-17-21(24)18-25-19-22-20-26-23(2,3)27-22/h22H,4-20H2,1-3H3. The van der Waals surface area contributed by atoms with Crippen LogP contribution in [0.5, 0.6) is 0 Å². The number of hydrogen-bond acceptors (Lipinski definition) is 4. The Hall–Kier alpha value is -0.450. The highest BCUT2D eigenvalue weighted by Gasteiger charge is 2.32. The number of unbranched alkanes of at least 4 members (excludes halogenated alkanes) is 12. The number of ketones is 1. The lowest BCUT2D eigenvalue weighted by Gasteiger charge is -2.16. The summed E-state index contributed by atoms with van der Waals surface area (Å²) in [7, 11) is 0. The summed E-state index contributed by atoms with van der Waals surface area (Å²) in [5.74, 6) is -0.316. The Balaban J connectivity index is 1.78. The molecule has 0 radical (unpaired) electrons. The minimum atomic E-state index is -0.521. The van der Waals surface area contributed by atoms with Crippen LogP contribution in [0.4, 0.5) is 0 Å². The van der Waals surface area contributed by atoms with Crippen molar-refractivity contribution in [2.75, 3.05) is 19.8 Å². The van der Waals surface area contributed by atoms with Gasteiger partial charge in [0, 0.05) is 6.42 Å². The van der Waals surface area contributed by atoms with Crippen LogP contribution in [0.15, 0.2) is 0 Å². The molecule has 1 atom stereocenters. The zero-order chi connectivity index (χ0) is 19.8. The third-order valence-electron chi connectivity index (χ3n) is 5.19. The van der Waals surface area contributed by atoms with Gasteiger partial charge in [0.05, 0.1) is 13.2 Å². The summed E-state index contributed by atoms with van der Waals surface area (Å²) in [5.41, 5.74) is 0. The number of carbonyl (C=O) groups excluding carboxylic acids is 1. The molecule has 0 aromatic carbocycles. The first-order valence-corrected chi connectivity index (χ1v) is 11.4. The van der Waals surface area contributed by atoms with E-state index in [2.05, 4.69) is 6.92 Å². The van der Waals surface area contributed by atoms with Gasteiger partial charge in [-0.25, -0.2) is 0 Å². The Morgan fingerprint density at radius 2 is 1.41 bits per heavy atom. The lowest BCUT2D eigenvalue weighted by atomic mass is 10.0. The largest absolute Gasteiger partial charge is 0.371 e. The first-order chi connectivity index (χ1) is 13.0. The van der Waals surface area contributed by atoms with Crippen molar-refractivity contribution in [2.24, 2.45) is 0 Å². The molecule has 0 aliphatic carbocycles. The fourth-order valence-electron chi connectivity index (χ4n) is 3.56. The van der Waals surface area contributed by atoms with Crippen LogP contribution in [-0.4, -0.2) is 37.5 Å². The van der Waals surface area contributed by atoms with Crippen molar-refractivity contribution in [2.45, 2.75) is 123 Å². The Morgan fingerprint density at radius 1 is 0.889 bits per heavy atom. The minimum absolute atomic E-state index is 0.0517. The van der Waals surface area contributed by atoms with Crippen molar-refractivity contribution in [3.05, 3.63) is 0 Å². The predicted molar refractivity (Wildman–Crippen MR) is 111 cm³/mol. The van der Waals surface area contributed by atoms with Crippen molar-refractivity contribution < 1.29 is 19.0 Å². The smallest absolute Gasteiger partial charge is 0.163 e. The molecular formula is C23H44O4. The van der Waals surface area contributed by atoms with Crippen molar-refractivity contribution in [1.82, 2.24) is 0 Å². The van der Waals surface area contributed by atoms with E-state index in [0.717, 1.165) is 12.8 Å². The van der Waals surface area contributed by atoms with Gasteiger partial charge in [-0.1, -0.05) is 84.0 Å². The molecule has 1 saturated heterocycles. The van der Waals surface area contributed by atoms with E-state index in [9.17, 15) is 4.79 Å². The molecule has 1 aliphatic heterocycles. The monoisotopic (exact) mass is 384 g/mol. The van der Waals surface area contributed by atoms with Gasteiger partial charge in [-0.3, -0.25) is 4.79 Å². The molecule has 4 heteroatoms. The Bertz CT molecular complexity index is 367. The fourth-order valence-corrected chi connectivity index (χ4v) is 3.56. The summed E-state index contributed by atoms with van der Waals surface area (Å²) in [6.07, 6.45) is 17.9. The van der Waals surface area contributed by atoms with E-state index in [1.54, 1.807) is 0 Å². The summed E-state index contributed by atoms with van der Waals surface area (Å²) < 4.78 is 16.6. The summed E-state index contributed by atoms with van der Waals surface area (Å²) in [6, 6.07) is 0. The SMILES string of the molecule is CCCCCCCCCCCCCCCC(=O)COCC1COC(C)(C)O1. The van der Waals surface area contributed by atoms with Crippen LogP contribution in [0.3, 0.4) is 0 Å². The minimum Gasteiger partial charge on any atom is -0.371 e. The first kappa shape index (κ1) is 24.6. The lowest BCUT2D eigenvalue weighted by molar-refractivity contribution is -0.146. The molecule has 1 rings (SSSR count). The average Bonchev–Trinajstić information content (AvgIpc) is 2.98. The molecule has 0 bridgehead atoms. The number of rotatable bonds is 18. The van der Waals surface area contributed by atoms with Crippen molar-refractivity contribution in [1.29, 1.82) is 0 Å². The fraction of sp³-hybridized carbons (Fsp3) is 0.957. The van der Waals surface area contributed by atoms with Gasteiger partial charge in [-0.2, -0.15) is 0 Å². The van der Waals surface area contributed by atoms with Crippen LogP contribution >= 0.6 is 0 Å². The zero-order valence-corrected chi connectivity index (χ0v) is 18.2. The molecule has 0 saturated carbocycles. The third kappa shape index (κ3) is 14.2. The highest BCUT2D eigenvalue weighted by Crippen LogP contribution is 2.22. The topological polar surface area (TPSA) is 44.8 Å². The van der Waals surface area contributed by atoms with Gasteiger partial charge < -0.3 is 14.2 Å². The van der Waals surface area contributed by atoms with Crippen molar-refractivity contribution in [3.8, 4) is 0 Å². The van der Waals surface area contributed by atoms with Gasteiger partial charge in [0.2, 0.25) is 0 Å².